The third-order valence-corrected chi connectivity index (χ3v) is 7.13. The molecule has 0 atom stereocenters. The minimum absolute atomic E-state index is 0.0643. The van der Waals surface area contributed by atoms with Gasteiger partial charge in [0.15, 0.2) is 0 Å². The summed E-state index contributed by atoms with van der Waals surface area (Å²) in [6.45, 7) is -0.473. The smallest absolute Gasteiger partial charge is 0.268 e. The third kappa shape index (κ3) is 6.15. The lowest BCUT2D eigenvalue weighted by molar-refractivity contribution is -0.119. The summed E-state index contributed by atoms with van der Waals surface area (Å²) in [6, 6.07) is 20.6. The number of halogens is 1. The fourth-order valence-corrected chi connectivity index (χ4v) is 5.20. The predicted molar refractivity (Wildman–Crippen MR) is 138 cm³/mol. The molecule has 0 spiro atoms. The molecule has 10 heteroatoms. The van der Waals surface area contributed by atoms with Crippen LogP contribution in [-0.2, 0) is 14.8 Å². The fourth-order valence-electron chi connectivity index (χ4n) is 3.08. The molecule has 0 radical (unpaired) electrons. The summed E-state index contributed by atoms with van der Waals surface area (Å²) in [6.07, 6.45) is 1.50. The van der Waals surface area contributed by atoms with Crippen molar-refractivity contribution in [1.82, 2.24) is 5.43 Å². The Hall–Kier alpha value is -3.37. The van der Waals surface area contributed by atoms with Crippen molar-refractivity contribution in [3.05, 3.63) is 82.8 Å². The van der Waals surface area contributed by atoms with Gasteiger partial charge in [-0.05, 0) is 48.0 Å². The van der Waals surface area contributed by atoms with E-state index in [2.05, 4.69) is 26.5 Å². The summed E-state index contributed by atoms with van der Waals surface area (Å²) in [5, 5.41) is 3.97. The van der Waals surface area contributed by atoms with Crippen LogP contribution in [-0.4, -0.2) is 48.3 Å². The highest BCUT2D eigenvalue weighted by Crippen LogP contribution is 2.32. The van der Waals surface area contributed by atoms with Crippen molar-refractivity contribution >= 4 is 49.4 Å². The van der Waals surface area contributed by atoms with E-state index in [-0.39, 0.29) is 10.6 Å². The Labute approximate surface area is 208 Å². The molecule has 1 N–H and O–H groups in total. The molecule has 0 aliphatic heterocycles. The summed E-state index contributed by atoms with van der Waals surface area (Å²) < 4.78 is 34.0. The number of amides is 1. The number of para-hydroxylation sites is 1. The number of nitrogens with one attached hydrogen (secondary N) is 1. The van der Waals surface area contributed by atoms with Crippen molar-refractivity contribution in [2.24, 2.45) is 5.10 Å². The number of carbonyl (C=O) groups excluding carboxylic acids is 1. The fraction of sp³-hybridized carbons (Fsp3) is 0.167. The Balaban J connectivity index is 1.83. The largest absolute Gasteiger partial charge is 0.495 e. The number of benzene rings is 3. The van der Waals surface area contributed by atoms with Crippen molar-refractivity contribution in [3.8, 4) is 5.75 Å². The molecule has 0 unspecified atom stereocenters. The number of rotatable bonds is 9. The molecule has 8 nitrogen and oxygen atoms in total. The SMILES string of the molecule is COc1ccc(Br)cc1S(=O)(=O)N(CC(=O)N/N=C\c1ccc(N(C)C)cc1)c1ccccc1. The van der Waals surface area contributed by atoms with Gasteiger partial charge in [0, 0.05) is 24.3 Å². The highest BCUT2D eigenvalue weighted by Gasteiger charge is 2.30. The maximum absolute atomic E-state index is 13.6. The van der Waals surface area contributed by atoms with Crippen molar-refractivity contribution in [2.45, 2.75) is 4.90 Å². The molecular weight excluding hydrogens is 520 g/mol. The van der Waals surface area contributed by atoms with Crippen LogP contribution in [0, 0.1) is 0 Å². The average Bonchev–Trinajstić information content (AvgIpc) is 2.83. The van der Waals surface area contributed by atoms with Crippen LogP contribution in [0.5, 0.6) is 5.75 Å². The van der Waals surface area contributed by atoms with Gasteiger partial charge in [0.25, 0.3) is 15.9 Å². The molecule has 178 valence electrons. The number of nitrogens with zero attached hydrogens (tertiary/aromatic N) is 3. The van der Waals surface area contributed by atoms with Crippen LogP contribution < -0.4 is 19.4 Å². The van der Waals surface area contributed by atoms with E-state index in [1.54, 1.807) is 42.5 Å². The number of hydrogen-bond donors (Lipinski definition) is 1. The van der Waals surface area contributed by atoms with Gasteiger partial charge in [0.05, 0.1) is 19.0 Å². The van der Waals surface area contributed by atoms with E-state index < -0.39 is 22.5 Å². The number of hydrazone groups is 1. The summed E-state index contributed by atoms with van der Waals surface area (Å²) in [5.74, 6) is -0.425. The van der Waals surface area contributed by atoms with Crippen LogP contribution >= 0.6 is 15.9 Å². The Morgan fingerprint density at radius 2 is 1.71 bits per heavy atom. The number of anilines is 2. The minimum Gasteiger partial charge on any atom is -0.495 e. The van der Waals surface area contributed by atoms with Crippen molar-refractivity contribution in [2.75, 3.05) is 37.0 Å². The normalized spacial score (nSPS) is 11.3. The molecular formula is C24H25BrN4O4S. The van der Waals surface area contributed by atoms with Crippen LogP contribution in [0.25, 0.3) is 0 Å². The lowest BCUT2D eigenvalue weighted by Gasteiger charge is -2.24. The Kier molecular flexibility index (Phi) is 8.30. The van der Waals surface area contributed by atoms with E-state index in [9.17, 15) is 13.2 Å². The third-order valence-electron chi connectivity index (χ3n) is 4.84. The summed E-state index contributed by atoms with van der Waals surface area (Å²) >= 11 is 3.30. The van der Waals surface area contributed by atoms with Crippen LogP contribution in [0.3, 0.4) is 0 Å². The zero-order valence-corrected chi connectivity index (χ0v) is 21.4. The molecule has 0 aromatic heterocycles. The molecule has 0 aliphatic carbocycles. The lowest BCUT2D eigenvalue weighted by Crippen LogP contribution is -2.39. The average molecular weight is 545 g/mol. The second kappa shape index (κ2) is 11.2. The molecule has 0 aliphatic rings. The zero-order chi connectivity index (χ0) is 24.7. The molecule has 0 fully saturated rings. The second-order valence-corrected chi connectivity index (χ2v) is 10.2. The van der Waals surface area contributed by atoms with Gasteiger partial charge in [-0.1, -0.05) is 46.3 Å². The Morgan fingerprint density at radius 3 is 2.32 bits per heavy atom. The highest BCUT2D eigenvalue weighted by atomic mass is 79.9. The number of carbonyl (C=O) groups is 1. The number of hydrogen-bond acceptors (Lipinski definition) is 6. The molecule has 3 aromatic carbocycles. The first-order valence-corrected chi connectivity index (χ1v) is 12.5. The standard InChI is InChI=1S/C24H25BrN4O4S/c1-28(2)20-12-9-18(10-13-20)16-26-27-24(30)17-29(21-7-5-4-6-8-21)34(31,32)23-15-19(25)11-14-22(23)33-3/h4-16H,17H2,1-3H3,(H,27,30)/b26-16-. The Bertz CT molecular complexity index is 1260. The second-order valence-electron chi connectivity index (χ2n) is 7.42. The summed E-state index contributed by atoms with van der Waals surface area (Å²) in [7, 11) is 1.13. The number of ether oxygens (including phenoxy) is 1. The van der Waals surface area contributed by atoms with Crippen LogP contribution in [0.2, 0.25) is 0 Å². The van der Waals surface area contributed by atoms with Gasteiger partial charge in [-0.3, -0.25) is 9.10 Å². The first-order chi connectivity index (χ1) is 16.2. The Morgan fingerprint density at radius 1 is 1.03 bits per heavy atom. The molecule has 1 amide bonds. The summed E-state index contributed by atoms with van der Waals surface area (Å²) in [5.41, 5.74) is 4.57. The van der Waals surface area contributed by atoms with Crippen LogP contribution in [0.15, 0.2) is 87.3 Å². The van der Waals surface area contributed by atoms with Crippen molar-refractivity contribution in [1.29, 1.82) is 0 Å². The number of sulfonamides is 1. The van der Waals surface area contributed by atoms with Gasteiger partial charge < -0.3 is 9.64 Å². The van der Waals surface area contributed by atoms with E-state index in [4.69, 9.17) is 4.74 Å². The topological polar surface area (TPSA) is 91.3 Å². The summed E-state index contributed by atoms with van der Waals surface area (Å²) in [4.78, 5) is 14.6. The van der Waals surface area contributed by atoms with Crippen LogP contribution in [0.4, 0.5) is 11.4 Å². The molecule has 0 bridgehead atoms. The molecule has 0 saturated heterocycles. The maximum atomic E-state index is 13.6. The lowest BCUT2D eigenvalue weighted by atomic mass is 10.2. The highest BCUT2D eigenvalue weighted by molar-refractivity contribution is 9.10. The molecule has 0 heterocycles. The van der Waals surface area contributed by atoms with Crippen molar-refractivity contribution < 1.29 is 17.9 Å². The van der Waals surface area contributed by atoms with E-state index in [1.807, 2.05) is 43.3 Å². The van der Waals surface area contributed by atoms with Gasteiger partial charge in [-0.25, -0.2) is 13.8 Å². The monoisotopic (exact) mass is 544 g/mol. The maximum Gasteiger partial charge on any atom is 0.268 e. The van der Waals surface area contributed by atoms with Crippen molar-refractivity contribution in [3.63, 3.8) is 0 Å². The van der Waals surface area contributed by atoms with Crippen LogP contribution in [0.1, 0.15) is 5.56 Å². The van der Waals surface area contributed by atoms with Gasteiger partial charge in [0.2, 0.25) is 0 Å². The zero-order valence-electron chi connectivity index (χ0n) is 19.0. The molecule has 0 saturated carbocycles. The minimum atomic E-state index is -4.14. The first kappa shape index (κ1) is 25.3. The number of methoxy groups -OCH3 is 1. The van der Waals surface area contributed by atoms with Gasteiger partial charge >= 0.3 is 0 Å². The molecule has 3 aromatic rings. The first-order valence-electron chi connectivity index (χ1n) is 10.2. The quantitative estimate of drug-likeness (QED) is 0.326. The van der Waals surface area contributed by atoms with Gasteiger partial charge in [-0.2, -0.15) is 5.10 Å². The van der Waals surface area contributed by atoms with Gasteiger partial charge in [0.1, 0.15) is 17.2 Å². The van der Waals surface area contributed by atoms with E-state index in [1.165, 1.54) is 19.4 Å². The molecule has 3 rings (SSSR count). The molecule has 34 heavy (non-hydrogen) atoms. The van der Waals surface area contributed by atoms with Gasteiger partial charge in [-0.15, -0.1) is 0 Å². The van der Waals surface area contributed by atoms with E-state index in [0.29, 0.717) is 10.2 Å². The van der Waals surface area contributed by atoms with E-state index in [0.717, 1.165) is 15.6 Å². The predicted octanol–water partition coefficient (Wildman–Crippen LogP) is 3.87. The van der Waals surface area contributed by atoms with E-state index >= 15 is 0 Å².